The Morgan fingerprint density at radius 2 is 1.60 bits per heavy atom. The first-order chi connectivity index (χ1) is 16.5. The van der Waals surface area contributed by atoms with Crippen molar-refractivity contribution in [1.82, 2.24) is 9.78 Å². The summed E-state index contributed by atoms with van der Waals surface area (Å²) in [6.07, 6.45) is 0. The van der Waals surface area contributed by atoms with Crippen molar-refractivity contribution in [2.24, 2.45) is 0 Å². The molecular weight excluding hydrogens is 471 g/mol. The highest BCUT2D eigenvalue weighted by Gasteiger charge is 2.50. The van der Waals surface area contributed by atoms with E-state index in [9.17, 15) is 22.7 Å². The number of halogens is 1. The summed E-state index contributed by atoms with van der Waals surface area (Å²) in [6.45, 7) is 3.44. The Hall–Kier alpha value is -4.02. The molecule has 1 amide bonds. The van der Waals surface area contributed by atoms with E-state index < -0.39 is 27.2 Å². The third-order valence-electron chi connectivity index (χ3n) is 6.13. The Bertz CT molecular complexity index is 1600. The van der Waals surface area contributed by atoms with Gasteiger partial charge in [0, 0.05) is 11.3 Å². The van der Waals surface area contributed by atoms with Gasteiger partial charge in [0.15, 0.2) is 0 Å². The predicted molar refractivity (Wildman–Crippen MR) is 127 cm³/mol. The fourth-order valence-electron chi connectivity index (χ4n) is 4.32. The normalized spacial score (nSPS) is 17.3. The Morgan fingerprint density at radius 1 is 1.00 bits per heavy atom. The molecule has 0 aliphatic carbocycles. The minimum Gasteiger partial charge on any atom is -0.383 e. The molecule has 1 aromatic heterocycles. The number of aliphatic hydroxyl groups is 1. The molecule has 1 atom stereocenters. The van der Waals surface area contributed by atoms with Gasteiger partial charge in [0.25, 0.3) is 5.91 Å². The van der Waals surface area contributed by atoms with Gasteiger partial charge in [0.05, 0.1) is 26.7 Å². The number of anilines is 2. The number of rotatable bonds is 4. The lowest BCUT2D eigenvalue weighted by atomic mass is 9.87. The molecule has 35 heavy (non-hydrogen) atoms. The summed E-state index contributed by atoms with van der Waals surface area (Å²) in [4.78, 5) is 13.0. The third-order valence-corrected chi connectivity index (χ3v) is 7.91. The van der Waals surface area contributed by atoms with Gasteiger partial charge in [0.1, 0.15) is 11.6 Å². The molecule has 178 valence electrons. The zero-order chi connectivity index (χ0) is 25.1. The van der Waals surface area contributed by atoms with E-state index in [1.165, 1.54) is 41.1 Å². The Morgan fingerprint density at radius 3 is 2.23 bits per heavy atom. The van der Waals surface area contributed by atoms with Crippen LogP contribution in [0.5, 0.6) is 0 Å². The van der Waals surface area contributed by atoms with Gasteiger partial charge in [0.2, 0.25) is 15.4 Å². The van der Waals surface area contributed by atoms with Crippen molar-refractivity contribution in [3.8, 4) is 5.69 Å². The Labute approximate surface area is 200 Å². The van der Waals surface area contributed by atoms with E-state index in [1.807, 2.05) is 6.92 Å². The maximum atomic E-state index is 13.9. The van der Waals surface area contributed by atoms with Crippen molar-refractivity contribution < 1.29 is 22.7 Å². The molecule has 0 saturated carbocycles. The number of sulfone groups is 1. The van der Waals surface area contributed by atoms with Crippen LogP contribution in [0.4, 0.5) is 15.9 Å². The molecule has 10 heteroatoms. The second kappa shape index (κ2) is 7.76. The number of aryl methyl sites for hydroxylation is 2. The van der Waals surface area contributed by atoms with Crippen LogP contribution in [0.1, 0.15) is 22.4 Å². The van der Waals surface area contributed by atoms with E-state index in [2.05, 4.69) is 10.4 Å². The number of nitrogens with one attached hydrogen (secondary N) is 1. The summed E-state index contributed by atoms with van der Waals surface area (Å²) >= 11 is 0. The number of aromatic nitrogens is 2. The maximum absolute atomic E-state index is 13.9. The number of nitrogens with zero attached hydrogens (tertiary/aromatic N) is 2. The highest BCUT2D eigenvalue weighted by Crippen LogP contribution is 2.44. The molecule has 2 heterocycles. The molecule has 1 aliphatic heterocycles. The number of carbonyl (C=O) groups is 1. The van der Waals surface area contributed by atoms with Crippen molar-refractivity contribution in [2.75, 3.05) is 11.1 Å². The molecule has 3 aromatic carbocycles. The van der Waals surface area contributed by atoms with Crippen LogP contribution < -0.4 is 11.1 Å². The van der Waals surface area contributed by atoms with Gasteiger partial charge >= 0.3 is 0 Å². The number of nitrogen functional groups attached to an aromatic ring is 1. The highest BCUT2D eigenvalue weighted by molar-refractivity contribution is 7.91. The predicted octanol–water partition coefficient (Wildman–Crippen LogP) is 3.23. The molecule has 8 nitrogen and oxygen atoms in total. The molecular formula is C25H21FN4O4S. The van der Waals surface area contributed by atoms with Crippen molar-refractivity contribution in [1.29, 1.82) is 0 Å². The van der Waals surface area contributed by atoms with Gasteiger partial charge in [-0.15, -0.1) is 0 Å². The number of carbonyl (C=O) groups excluding carboxylic acids is 1. The number of hydrogen-bond acceptors (Lipinski definition) is 6. The van der Waals surface area contributed by atoms with E-state index in [1.54, 1.807) is 31.2 Å². The first kappa shape index (κ1) is 22.8. The fourth-order valence-corrected chi connectivity index (χ4v) is 5.58. The van der Waals surface area contributed by atoms with Crippen LogP contribution in [0.25, 0.3) is 5.69 Å². The van der Waals surface area contributed by atoms with Gasteiger partial charge in [-0.25, -0.2) is 17.5 Å². The highest BCUT2D eigenvalue weighted by atomic mass is 32.2. The molecule has 1 aliphatic rings. The molecule has 0 bridgehead atoms. The van der Waals surface area contributed by atoms with Crippen molar-refractivity contribution in [3.63, 3.8) is 0 Å². The van der Waals surface area contributed by atoms with Gasteiger partial charge < -0.3 is 16.2 Å². The molecule has 4 aromatic rings. The van der Waals surface area contributed by atoms with Crippen LogP contribution >= 0.6 is 0 Å². The lowest BCUT2D eigenvalue weighted by Crippen LogP contribution is -2.36. The van der Waals surface area contributed by atoms with Gasteiger partial charge in [-0.2, -0.15) is 5.10 Å². The minimum atomic E-state index is -3.72. The second-order valence-electron chi connectivity index (χ2n) is 8.42. The van der Waals surface area contributed by atoms with Crippen molar-refractivity contribution >= 4 is 27.2 Å². The zero-order valence-corrected chi connectivity index (χ0v) is 19.6. The zero-order valence-electron chi connectivity index (χ0n) is 18.8. The smallest absolute Gasteiger partial charge is 0.266 e. The number of fused-ring (bicyclic) bond motifs is 1. The first-order valence-corrected chi connectivity index (χ1v) is 12.1. The van der Waals surface area contributed by atoms with Gasteiger partial charge in [-0.05, 0) is 68.4 Å². The van der Waals surface area contributed by atoms with Crippen LogP contribution in [-0.2, 0) is 20.2 Å². The lowest BCUT2D eigenvalue weighted by Gasteiger charge is -2.21. The van der Waals surface area contributed by atoms with E-state index in [4.69, 9.17) is 5.73 Å². The largest absolute Gasteiger partial charge is 0.383 e. The van der Waals surface area contributed by atoms with Gasteiger partial charge in [-0.1, -0.05) is 17.7 Å². The summed E-state index contributed by atoms with van der Waals surface area (Å²) in [5.41, 5.74) is 6.06. The average molecular weight is 493 g/mol. The number of nitrogens with two attached hydrogens (primary N) is 1. The molecule has 0 radical (unpaired) electrons. The third kappa shape index (κ3) is 3.41. The average Bonchev–Trinajstić information content (AvgIpc) is 3.26. The molecule has 0 spiro atoms. The summed E-state index contributed by atoms with van der Waals surface area (Å²) < 4.78 is 41.2. The Kier molecular flexibility index (Phi) is 5.04. The van der Waals surface area contributed by atoms with E-state index in [0.717, 1.165) is 11.6 Å². The van der Waals surface area contributed by atoms with E-state index in [0.29, 0.717) is 5.69 Å². The summed E-state index contributed by atoms with van der Waals surface area (Å²) in [5.74, 6) is -1.42. The Balaban J connectivity index is 1.56. The van der Waals surface area contributed by atoms with Crippen LogP contribution in [0.15, 0.2) is 76.5 Å². The van der Waals surface area contributed by atoms with E-state index >= 15 is 0 Å². The molecule has 0 fully saturated rings. The number of amides is 1. The molecule has 4 N–H and O–H groups in total. The summed E-state index contributed by atoms with van der Waals surface area (Å²) in [6, 6.07) is 16.1. The second-order valence-corrected chi connectivity index (χ2v) is 10.4. The molecule has 5 rings (SSSR count). The lowest BCUT2D eigenvalue weighted by molar-refractivity contribution is -0.129. The van der Waals surface area contributed by atoms with Gasteiger partial charge in [-0.3, -0.25) is 4.79 Å². The van der Waals surface area contributed by atoms with Crippen molar-refractivity contribution in [3.05, 3.63) is 94.9 Å². The van der Waals surface area contributed by atoms with E-state index in [-0.39, 0.29) is 38.1 Å². The van der Waals surface area contributed by atoms with Crippen LogP contribution in [0, 0.1) is 19.7 Å². The SMILES string of the molecule is Cc1ccc(S(=O)(=O)c2ccc(-n3nc(C)c([C@]4(O)C(=O)Nc5ccc(F)cc54)c3N)cc2)cc1. The molecule has 0 saturated heterocycles. The van der Waals surface area contributed by atoms with Crippen LogP contribution in [0.3, 0.4) is 0 Å². The fraction of sp³-hybridized carbons (Fsp3) is 0.120. The topological polar surface area (TPSA) is 127 Å². The quantitative estimate of drug-likeness (QED) is 0.401. The monoisotopic (exact) mass is 492 g/mol. The minimum absolute atomic E-state index is 0.0238. The van der Waals surface area contributed by atoms with Crippen LogP contribution in [-0.4, -0.2) is 29.2 Å². The standard InChI is InChI=1S/C25H21FN4O4S/c1-14-3-8-18(9-4-14)35(33,34)19-10-6-17(7-11-19)30-23(27)22(15(2)29-30)25(32)20-13-16(26)5-12-21(20)28-24(25)31/h3-13,32H,27H2,1-2H3,(H,28,31)/t25-/m0/s1. The van der Waals surface area contributed by atoms with Crippen LogP contribution in [0.2, 0.25) is 0 Å². The summed E-state index contributed by atoms with van der Waals surface area (Å²) in [5, 5.41) is 18.3. The molecule has 0 unspecified atom stereocenters. The summed E-state index contributed by atoms with van der Waals surface area (Å²) in [7, 11) is -3.72. The number of benzene rings is 3. The maximum Gasteiger partial charge on any atom is 0.266 e. The first-order valence-electron chi connectivity index (χ1n) is 10.6. The van der Waals surface area contributed by atoms with Crippen molar-refractivity contribution in [2.45, 2.75) is 29.2 Å². The number of hydrogen-bond donors (Lipinski definition) is 3.